The number of nitrogens with two attached hydrogens (primary N) is 2. The third-order valence-corrected chi connectivity index (χ3v) is 4.46. The maximum Gasteiger partial charge on any atom is 0.0842 e. The number of anilines is 4. The first-order chi connectivity index (χ1) is 9.32. The average Bonchev–Trinajstić information content (AvgIpc) is 2.41. The smallest absolute Gasteiger partial charge is 0.0842 e. The summed E-state index contributed by atoms with van der Waals surface area (Å²) < 4.78 is 0. The van der Waals surface area contributed by atoms with Crippen LogP contribution in [0.15, 0.2) is 18.2 Å². The summed E-state index contributed by atoms with van der Waals surface area (Å²) >= 11 is 18.1. The summed E-state index contributed by atoms with van der Waals surface area (Å²) in [6, 6.07) is 5.25. The van der Waals surface area contributed by atoms with E-state index in [1.54, 1.807) is 12.1 Å². The van der Waals surface area contributed by atoms with Gasteiger partial charge in [-0.15, -0.1) is 0 Å². The Labute approximate surface area is 132 Å². The summed E-state index contributed by atoms with van der Waals surface area (Å²) in [4.78, 5) is 0. The normalized spacial score (nSPS) is 10.7. The first kappa shape index (κ1) is 15.1. The number of nitrogens with one attached hydrogen (secondary N) is 1. The van der Waals surface area contributed by atoms with Gasteiger partial charge in [-0.2, -0.15) is 0 Å². The van der Waals surface area contributed by atoms with Crippen molar-refractivity contribution in [2.45, 2.75) is 13.8 Å². The highest BCUT2D eigenvalue weighted by molar-refractivity contribution is 6.49. The van der Waals surface area contributed by atoms with Gasteiger partial charge in [0.05, 0.1) is 32.1 Å². The number of hydrogen-bond donors (Lipinski definition) is 3. The van der Waals surface area contributed by atoms with Crippen LogP contribution in [-0.4, -0.2) is 0 Å². The maximum atomic E-state index is 6.18. The Morgan fingerprint density at radius 2 is 1.65 bits per heavy atom. The van der Waals surface area contributed by atoms with Gasteiger partial charge in [0.1, 0.15) is 0 Å². The highest BCUT2D eigenvalue weighted by Crippen LogP contribution is 2.40. The van der Waals surface area contributed by atoms with Gasteiger partial charge in [-0.25, -0.2) is 0 Å². The number of nitrogen functional groups attached to an aromatic ring is 2. The highest BCUT2D eigenvalue weighted by Gasteiger charge is 2.13. The Bertz CT molecular complexity index is 658. The molecule has 6 heteroatoms. The molecule has 0 aliphatic carbocycles. The van der Waals surface area contributed by atoms with E-state index in [1.165, 1.54) is 0 Å². The zero-order valence-electron chi connectivity index (χ0n) is 11.0. The second-order valence-corrected chi connectivity index (χ2v) is 5.71. The summed E-state index contributed by atoms with van der Waals surface area (Å²) in [5.41, 5.74) is 16.4. The van der Waals surface area contributed by atoms with Crippen molar-refractivity contribution in [1.82, 2.24) is 0 Å². The van der Waals surface area contributed by atoms with E-state index in [-0.39, 0.29) is 0 Å². The molecule has 0 aromatic heterocycles. The third-order valence-electron chi connectivity index (χ3n) is 3.17. The monoisotopic (exact) mass is 329 g/mol. The van der Waals surface area contributed by atoms with Crippen molar-refractivity contribution in [3.05, 3.63) is 44.4 Å². The van der Waals surface area contributed by atoms with Crippen LogP contribution < -0.4 is 16.8 Å². The molecule has 0 bridgehead atoms. The van der Waals surface area contributed by atoms with Crippen LogP contribution in [0.4, 0.5) is 22.7 Å². The fourth-order valence-electron chi connectivity index (χ4n) is 1.88. The lowest BCUT2D eigenvalue weighted by Gasteiger charge is -2.17. The van der Waals surface area contributed by atoms with Gasteiger partial charge in [-0.3, -0.25) is 0 Å². The van der Waals surface area contributed by atoms with Crippen LogP contribution in [0.2, 0.25) is 15.1 Å². The number of aryl methyl sites for hydroxylation is 1. The zero-order valence-corrected chi connectivity index (χ0v) is 13.3. The molecular weight excluding hydrogens is 317 g/mol. The number of hydrogen-bond acceptors (Lipinski definition) is 3. The van der Waals surface area contributed by atoms with Crippen molar-refractivity contribution in [3.8, 4) is 0 Å². The van der Waals surface area contributed by atoms with Gasteiger partial charge in [0.15, 0.2) is 0 Å². The molecule has 2 aromatic carbocycles. The quantitative estimate of drug-likeness (QED) is 0.525. The minimum atomic E-state index is 0.301. The van der Waals surface area contributed by atoms with E-state index in [1.807, 2.05) is 19.9 Å². The van der Waals surface area contributed by atoms with E-state index in [2.05, 4.69) is 5.32 Å². The molecule has 0 saturated carbocycles. The van der Waals surface area contributed by atoms with Gasteiger partial charge in [0.25, 0.3) is 0 Å². The molecule has 2 aromatic rings. The predicted octanol–water partition coefficient (Wildman–Crippen LogP) is 5.17. The number of benzene rings is 2. The van der Waals surface area contributed by atoms with Gasteiger partial charge in [0.2, 0.25) is 0 Å². The summed E-state index contributed by atoms with van der Waals surface area (Å²) in [6.45, 7) is 3.78. The molecule has 0 radical (unpaired) electrons. The van der Waals surface area contributed by atoms with Crippen molar-refractivity contribution in [2.75, 3.05) is 16.8 Å². The lowest BCUT2D eigenvalue weighted by atomic mass is 10.1. The molecule has 0 aliphatic heterocycles. The van der Waals surface area contributed by atoms with Crippen molar-refractivity contribution in [3.63, 3.8) is 0 Å². The molecule has 0 heterocycles. The van der Waals surface area contributed by atoms with E-state index < -0.39 is 0 Å². The SMILES string of the molecule is Cc1cc(N)c(C)c(Nc2ccc(Cl)c(Cl)c2Cl)c1N. The Morgan fingerprint density at radius 1 is 1.00 bits per heavy atom. The fraction of sp³-hybridized carbons (Fsp3) is 0.143. The average molecular weight is 331 g/mol. The molecule has 0 fully saturated rings. The molecule has 0 atom stereocenters. The maximum absolute atomic E-state index is 6.18. The fourth-order valence-corrected chi connectivity index (χ4v) is 2.46. The molecule has 20 heavy (non-hydrogen) atoms. The molecule has 0 amide bonds. The minimum absolute atomic E-state index is 0.301. The van der Waals surface area contributed by atoms with E-state index in [0.29, 0.717) is 32.1 Å². The van der Waals surface area contributed by atoms with Gasteiger partial charge in [0, 0.05) is 5.69 Å². The second kappa shape index (κ2) is 5.60. The lowest BCUT2D eigenvalue weighted by molar-refractivity contribution is 1.38. The van der Waals surface area contributed by atoms with Crippen LogP contribution >= 0.6 is 34.8 Å². The van der Waals surface area contributed by atoms with Crippen molar-refractivity contribution in [2.24, 2.45) is 0 Å². The van der Waals surface area contributed by atoms with Crippen molar-refractivity contribution < 1.29 is 0 Å². The molecule has 106 valence electrons. The number of halogens is 3. The Morgan fingerprint density at radius 3 is 2.30 bits per heavy atom. The third kappa shape index (κ3) is 2.62. The summed E-state index contributed by atoms with van der Waals surface area (Å²) in [6.07, 6.45) is 0. The second-order valence-electron chi connectivity index (χ2n) is 4.54. The predicted molar refractivity (Wildman–Crippen MR) is 89.5 cm³/mol. The van der Waals surface area contributed by atoms with Crippen LogP contribution in [-0.2, 0) is 0 Å². The topological polar surface area (TPSA) is 64.1 Å². The van der Waals surface area contributed by atoms with Crippen LogP contribution in [0.3, 0.4) is 0 Å². The molecule has 0 aliphatic rings. The molecule has 2 rings (SSSR count). The number of rotatable bonds is 2. The Balaban J connectivity index is 2.54. The molecular formula is C14H14Cl3N3. The van der Waals surface area contributed by atoms with Crippen molar-refractivity contribution >= 4 is 57.6 Å². The van der Waals surface area contributed by atoms with Crippen LogP contribution in [0.25, 0.3) is 0 Å². The van der Waals surface area contributed by atoms with Crippen LogP contribution in [0.1, 0.15) is 11.1 Å². The van der Waals surface area contributed by atoms with Crippen molar-refractivity contribution in [1.29, 1.82) is 0 Å². The highest BCUT2D eigenvalue weighted by atomic mass is 35.5. The Hall–Kier alpha value is -1.29. The van der Waals surface area contributed by atoms with Gasteiger partial charge in [-0.1, -0.05) is 34.8 Å². The van der Waals surface area contributed by atoms with E-state index in [9.17, 15) is 0 Å². The molecule has 0 spiro atoms. The van der Waals surface area contributed by atoms with E-state index in [4.69, 9.17) is 46.3 Å². The minimum Gasteiger partial charge on any atom is -0.398 e. The zero-order chi connectivity index (χ0) is 15.0. The van der Waals surface area contributed by atoms with Gasteiger partial charge in [-0.05, 0) is 43.2 Å². The van der Waals surface area contributed by atoms with Crippen LogP contribution in [0, 0.1) is 13.8 Å². The largest absolute Gasteiger partial charge is 0.398 e. The summed E-state index contributed by atoms with van der Waals surface area (Å²) in [5.74, 6) is 0. The van der Waals surface area contributed by atoms with Gasteiger partial charge >= 0.3 is 0 Å². The molecule has 5 N–H and O–H groups in total. The summed E-state index contributed by atoms with van der Waals surface area (Å²) in [5, 5.41) is 4.22. The molecule has 0 unspecified atom stereocenters. The standard InChI is InChI=1S/C14H14Cl3N3/c1-6-5-9(18)7(2)14(13(6)19)20-10-4-3-8(15)11(16)12(10)17/h3-5,20H,18-19H2,1-2H3. The first-order valence-corrected chi connectivity index (χ1v) is 7.02. The first-order valence-electron chi connectivity index (χ1n) is 5.88. The lowest BCUT2D eigenvalue weighted by Crippen LogP contribution is -2.04. The van der Waals surface area contributed by atoms with E-state index in [0.717, 1.165) is 16.8 Å². The van der Waals surface area contributed by atoms with E-state index >= 15 is 0 Å². The molecule has 0 saturated heterocycles. The van der Waals surface area contributed by atoms with Gasteiger partial charge < -0.3 is 16.8 Å². The molecule has 3 nitrogen and oxygen atoms in total. The Kier molecular flexibility index (Phi) is 4.23. The van der Waals surface area contributed by atoms with Crippen LogP contribution in [0.5, 0.6) is 0 Å². The summed E-state index contributed by atoms with van der Waals surface area (Å²) in [7, 11) is 0.